The van der Waals surface area contributed by atoms with Crippen molar-refractivity contribution in [1.29, 1.82) is 0 Å². The maximum atomic E-state index is 12.7. The molecular weight excluding hydrogens is 376 g/mol. The molecule has 3 aromatic rings. The first-order chi connectivity index (χ1) is 13.4. The Bertz CT molecular complexity index is 1060. The highest BCUT2D eigenvalue weighted by Crippen LogP contribution is 2.24. The molecule has 0 aliphatic heterocycles. The number of aromatic amines is 1. The first-order valence-corrected chi connectivity index (χ1v) is 9.50. The lowest BCUT2D eigenvalue weighted by Crippen LogP contribution is -2.38. The number of para-hydroxylation sites is 1. The first-order valence-electron chi connectivity index (χ1n) is 9.12. The minimum atomic E-state index is -0.171. The van der Waals surface area contributed by atoms with Crippen molar-refractivity contribution in [3.63, 3.8) is 0 Å². The van der Waals surface area contributed by atoms with Crippen LogP contribution in [0.3, 0.4) is 0 Å². The van der Waals surface area contributed by atoms with E-state index in [9.17, 15) is 9.59 Å². The highest BCUT2D eigenvalue weighted by molar-refractivity contribution is 6.33. The summed E-state index contributed by atoms with van der Waals surface area (Å²) < 4.78 is 0. The third-order valence-corrected chi connectivity index (χ3v) is 5.00. The second kappa shape index (κ2) is 8.54. The Hall–Kier alpha value is -2.70. The van der Waals surface area contributed by atoms with E-state index in [0.29, 0.717) is 40.5 Å². The van der Waals surface area contributed by atoms with Gasteiger partial charge >= 0.3 is 0 Å². The van der Waals surface area contributed by atoms with Crippen molar-refractivity contribution in [2.24, 2.45) is 0 Å². The van der Waals surface area contributed by atoms with E-state index in [1.807, 2.05) is 43.0 Å². The molecule has 0 saturated heterocycles. The van der Waals surface area contributed by atoms with Gasteiger partial charge in [-0.2, -0.15) is 0 Å². The van der Waals surface area contributed by atoms with Crippen LogP contribution in [0.4, 0.5) is 5.69 Å². The molecule has 146 valence electrons. The topological polar surface area (TPSA) is 69.3 Å². The molecule has 0 atom stereocenters. The molecule has 0 saturated carbocycles. The van der Waals surface area contributed by atoms with Gasteiger partial charge in [0.25, 0.3) is 5.56 Å². The van der Waals surface area contributed by atoms with Gasteiger partial charge in [-0.25, -0.2) is 4.98 Å². The number of carbonyl (C=O) groups excluding carboxylic acids is 1. The minimum absolute atomic E-state index is 0.0890. The lowest BCUT2D eigenvalue weighted by molar-refractivity contribution is -0.119. The van der Waals surface area contributed by atoms with E-state index < -0.39 is 0 Å². The number of hydrogen-bond acceptors (Lipinski definition) is 4. The van der Waals surface area contributed by atoms with E-state index in [2.05, 4.69) is 9.97 Å². The normalized spacial score (nSPS) is 11.2. The van der Waals surface area contributed by atoms with Crippen LogP contribution < -0.4 is 10.5 Å². The number of aromatic nitrogens is 2. The smallest absolute Gasteiger partial charge is 0.258 e. The van der Waals surface area contributed by atoms with Crippen molar-refractivity contribution in [3.05, 3.63) is 69.2 Å². The van der Waals surface area contributed by atoms with Gasteiger partial charge in [0.2, 0.25) is 5.91 Å². The lowest BCUT2D eigenvalue weighted by atomic mass is 10.2. The summed E-state index contributed by atoms with van der Waals surface area (Å²) in [6.45, 7) is 5.12. The predicted octanol–water partition coefficient (Wildman–Crippen LogP) is 3.37. The summed E-state index contributed by atoms with van der Waals surface area (Å²) >= 11 is 6.19. The number of rotatable bonds is 6. The van der Waals surface area contributed by atoms with Crippen LogP contribution in [0.15, 0.2) is 47.3 Å². The van der Waals surface area contributed by atoms with Gasteiger partial charge in [0.1, 0.15) is 5.82 Å². The Morgan fingerprint density at radius 3 is 2.68 bits per heavy atom. The average molecular weight is 399 g/mol. The third-order valence-electron chi connectivity index (χ3n) is 4.68. The zero-order chi connectivity index (χ0) is 20.3. The zero-order valence-electron chi connectivity index (χ0n) is 16.2. The maximum Gasteiger partial charge on any atom is 0.258 e. The number of H-pyrrole nitrogens is 1. The van der Waals surface area contributed by atoms with Crippen LogP contribution >= 0.6 is 11.6 Å². The summed E-state index contributed by atoms with van der Waals surface area (Å²) in [6.07, 6.45) is 0. The van der Waals surface area contributed by atoms with Crippen LogP contribution in [0.25, 0.3) is 10.9 Å². The largest absolute Gasteiger partial charge is 0.313 e. The molecule has 6 nitrogen and oxygen atoms in total. The van der Waals surface area contributed by atoms with E-state index >= 15 is 0 Å². The number of anilines is 1. The minimum Gasteiger partial charge on any atom is -0.313 e. The van der Waals surface area contributed by atoms with Crippen LogP contribution in [0.2, 0.25) is 5.02 Å². The lowest BCUT2D eigenvalue weighted by Gasteiger charge is -2.24. The second-order valence-corrected chi connectivity index (χ2v) is 7.15. The number of fused-ring (bicyclic) bond motifs is 1. The van der Waals surface area contributed by atoms with Crippen molar-refractivity contribution in [2.75, 3.05) is 25.0 Å². The Morgan fingerprint density at radius 1 is 1.21 bits per heavy atom. The number of aryl methyl sites for hydroxylation is 1. The molecule has 0 fully saturated rings. The van der Waals surface area contributed by atoms with Crippen molar-refractivity contribution in [3.8, 4) is 0 Å². The van der Waals surface area contributed by atoms with Gasteiger partial charge in [-0.05, 0) is 43.3 Å². The molecule has 0 aliphatic carbocycles. The van der Waals surface area contributed by atoms with Crippen molar-refractivity contribution in [1.82, 2.24) is 14.9 Å². The SMILES string of the molecule is CCN(CC(=O)N(C)c1ccccc1Cl)Cc1nc2cc(C)ccc2c(=O)[nH]1. The average Bonchev–Trinajstić information content (AvgIpc) is 2.66. The quantitative estimate of drug-likeness (QED) is 0.691. The van der Waals surface area contributed by atoms with E-state index in [1.54, 1.807) is 30.1 Å². The third kappa shape index (κ3) is 4.40. The fourth-order valence-electron chi connectivity index (χ4n) is 3.02. The molecule has 0 spiro atoms. The van der Waals surface area contributed by atoms with E-state index in [4.69, 9.17) is 11.6 Å². The molecule has 2 aromatic carbocycles. The van der Waals surface area contributed by atoms with Gasteiger partial charge in [-0.1, -0.05) is 36.7 Å². The Labute approximate surface area is 168 Å². The molecule has 3 rings (SSSR count). The van der Waals surface area contributed by atoms with Gasteiger partial charge in [0.15, 0.2) is 0 Å². The van der Waals surface area contributed by atoms with Crippen LogP contribution in [-0.2, 0) is 11.3 Å². The molecule has 0 radical (unpaired) electrons. The van der Waals surface area contributed by atoms with Crippen LogP contribution in [0.1, 0.15) is 18.3 Å². The van der Waals surface area contributed by atoms with Crippen molar-refractivity contribution >= 4 is 34.1 Å². The summed E-state index contributed by atoms with van der Waals surface area (Å²) in [5, 5.41) is 1.09. The molecule has 1 aromatic heterocycles. The van der Waals surface area contributed by atoms with Gasteiger partial charge < -0.3 is 9.88 Å². The standard InChI is InChI=1S/C21H23ClN4O2/c1-4-26(13-20(27)25(3)18-8-6-5-7-16(18)22)12-19-23-17-11-14(2)9-10-15(17)21(28)24-19/h5-11H,4,12-13H2,1-3H3,(H,23,24,28). The number of carbonyl (C=O) groups is 1. The number of amides is 1. The molecule has 7 heteroatoms. The summed E-state index contributed by atoms with van der Waals surface area (Å²) in [6, 6.07) is 12.8. The van der Waals surface area contributed by atoms with Gasteiger partial charge in [-0.15, -0.1) is 0 Å². The van der Waals surface area contributed by atoms with E-state index in [0.717, 1.165) is 5.56 Å². The number of likely N-dealkylation sites (N-methyl/N-ethyl adjacent to an activating group) is 2. The van der Waals surface area contributed by atoms with Crippen LogP contribution in [0, 0.1) is 6.92 Å². The summed E-state index contributed by atoms with van der Waals surface area (Å²) in [5.41, 5.74) is 2.20. The van der Waals surface area contributed by atoms with Crippen molar-refractivity contribution in [2.45, 2.75) is 20.4 Å². The zero-order valence-corrected chi connectivity index (χ0v) is 17.0. The number of nitrogens with zero attached hydrogens (tertiary/aromatic N) is 3. The summed E-state index contributed by atoms with van der Waals surface area (Å²) in [4.78, 5) is 35.9. The highest BCUT2D eigenvalue weighted by atomic mass is 35.5. The molecule has 0 aliphatic rings. The Kier molecular flexibility index (Phi) is 6.11. The summed E-state index contributed by atoms with van der Waals surface area (Å²) in [7, 11) is 1.70. The number of halogens is 1. The van der Waals surface area contributed by atoms with Crippen LogP contribution in [0.5, 0.6) is 0 Å². The monoisotopic (exact) mass is 398 g/mol. The van der Waals surface area contributed by atoms with Crippen LogP contribution in [-0.4, -0.2) is 40.9 Å². The fraction of sp³-hybridized carbons (Fsp3) is 0.286. The molecule has 1 amide bonds. The number of hydrogen-bond donors (Lipinski definition) is 1. The highest BCUT2D eigenvalue weighted by Gasteiger charge is 2.18. The van der Waals surface area contributed by atoms with E-state index in [1.165, 1.54) is 0 Å². The fourth-order valence-corrected chi connectivity index (χ4v) is 3.28. The second-order valence-electron chi connectivity index (χ2n) is 6.74. The Morgan fingerprint density at radius 2 is 1.96 bits per heavy atom. The van der Waals surface area contributed by atoms with Gasteiger partial charge in [0, 0.05) is 7.05 Å². The van der Waals surface area contributed by atoms with E-state index in [-0.39, 0.29) is 18.0 Å². The molecule has 28 heavy (non-hydrogen) atoms. The number of benzene rings is 2. The molecule has 1 N–H and O–H groups in total. The summed E-state index contributed by atoms with van der Waals surface area (Å²) in [5.74, 6) is 0.451. The first kappa shape index (κ1) is 20.0. The molecular formula is C21H23ClN4O2. The predicted molar refractivity (Wildman–Crippen MR) is 113 cm³/mol. The van der Waals surface area contributed by atoms with Gasteiger partial charge in [0.05, 0.1) is 34.7 Å². The molecule has 0 unspecified atom stereocenters. The van der Waals surface area contributed by atoms with Gasteiger partial charge in [-0.3, -0.25) is 14.5 Å². The maximum absolute atomic E-state index is 12.7. The molecule has 1 heterocycles. The van der Waals surface area contributed by atoms with Crippen molar-refractivity contribution < 1.29 is 4.79 Å². The Balaban J connectivity index is 1.77. The molecule has 0 bridgehead atoms. The number of nitrogens with one attached hydrogen (secondary N) is 1.